The Labute approximate surface area is 148 Å². The van der Waals surface area contributed by atoms with Crippen LogP contribution in [0.1, 0.15) is 4.88 Å². The summed E-state index contributed by atoms with van der Waals surface area (Å²) < 4.78 is 28.1. The molecular formula is C17H23N3O2S2. The van der Waals surface area contributed by atoms with Gasteiger partial charge in [0.05, 0.1) is 17.9 Å². The molecule has 0 unspecified atom stereocenters. The Morgan fingerprint density at radius 1 is 1.08 bits per heavy atom. The van der Waals surface area contributed by atoms with Crippen molar-refractivity contribution in [3.05, 3.63) is 41.3 Å². The summed E-state index contributed by atoms with van der Waals surface area (Å²) in [6.45, 7) is 4.93. The topological polar surface area (TPSA) is 43.9 Å². The first kappa shape index (κ1) is 17.3. The van der Waals surface area contributed by atoms with Crippen molar-refractivity contribution in [3.63, 3.8) is 0 Å². The number of benzene rings is 1. The molecule has 130 valence electrons. The van der Waals surface area contributed by atoms with E-state index in [1.807, 2.05) is 51.4 Å². The minimum absolute atomic E-state index is 0.413. The summed E-state index contributed by atoms with van der Waals surface area (Å²) in [4.78, 5) is 5.41. The maximum atomic E-state index is 13.0. The number of sulfonamides is 1. The van der Waals surface area contributed by atoms with Gasteiger partial charge in [-0.1, -0.05) is 12.1 Å². The molecule has 0 amide bonds. The average Bonchev–Trinajstić information content (AvgIpc) is 2.99. The van der Waals surface area contributed by atoms with E-state index >= 15 is 0 Å². The lowest BCUT2D eigenvalue weighted by atomic mass is 10.2. The highest BCUT2D eigenvalue weighted by Gasteiger charge is 2.32. The first-order chi connectivity index (χ1) is 11.4. The number of hydrogen-bond donors (Lipinski definition) is 0. The van der Waals surface area contributed by atoms with Gasteiger partial charge in [-0.3, -0.25) is 4.31 Å². The highest BCUT2D eigenvalue weighted by atomic mass is 32.2. The molecule has 0 fully saturated rings. The molecule has 2 aromatic rings. The molecule has 0 bridgehead atoms. The van der Waals surface area contributed by atoms with E-state index in [1.54, 1.807) is 10.4 Å². The first-order valence-corrected chi connectivity index (χ1v) is 10.2. The average molecular weight is 366 g/mol. The van der Waals surface area contributed by atoms with Crippen LogP contribution in [0.3, 0.4) is 0 Å². The van der Waals surface area contributed by atoms with Gasteiger partial charge in [-0.15, -0.1) is 11.3 Å². The van der Waals surface area contributed by atoms with Crippen LogP contribution in [0.2, 0.25) is 0 Å². The lowest BCUT2D eigenvalue weighted by Crippen LogP contribution is -2.45. The standard InChI is InChI=1S/C17H23N3O2S2/c1-14-8-9-17(23-14)24(21,22)20-13-12-19(11-10-18(2)3)15-6-4-5-7-16(15)20/h4-9H,10-13H2,1-3H3. The number of aryl methyl sites for hydroxylation is 1. The maximum Gasteiger partial charge on any atom is 0.273 e. The fraction of sp³-hybridized carbons (Fsp3) is 0.412. The van der Waals surface area contributed by atoms with Crippen LogP contribution in [0.25, 0.3) is 0 Å². The molecule has 7 heteroatoms. The monoisotopic (exact) mass is 365 g/mol. The maximum absolute atomic E-state index is 13.0. The Kier molecular flexibility index (Phi) is 4.85. The zero-order valence-corrected chi connectivity index (χ0v) is 15.9. The molecule has 1 aliphatic heterocycles. The van der Waals surface area contributed by atoms with Crippen molar-refractivity contribution in [2.24, 2.45) is 0 Å². The largest absolute Gasteiger partial charge is 0.367 e. The van der Waals surface area contributed by atoms with Gasteiger partial charge >= 0.3 is 0 Å². The zero-order valence-electron chi connectivity index (χ0n) is 14.3. The number of rotatable bonds is 5. The first-order valence-electron chi connectivity index (χ1n) is 7.97. The van der Waals surface area contributed by atoms with Crippen molar-refractivity contribution >= 4 is 32.7 Å². The molecule has 0 saturated heterocycles. The van der Waals surface area contributed by atoms with Crippen LogP contribution in [0.5, 0.6) is 0 Å². The molecule has 0 N–H and O–H groups in total. The van der Waals surface area contributed by atoms with Gasteiger partial charge in [0.15, 0.2) is 0 Å². The highest BCUT2D eigenvalue weighted by Crippen LogP contribution is 2.37. The molecular weight excluding hydrogens is 342 g/mol. The summed E-state index contributed by atoms with van der Waals surface area (Å²) in [6, 6.07) is 11.3. The Balaban J connectivity index is 1.95. The number of thiophene rings is 1. The van der Waals surface area contributed by atoms with E-state index in [9.17, 15) is 8.42 Å². The predicted molar refractivity (Wildman–Crippen MR) is 101 cm³/mol. The van der Waals surface area contributed by atoms with Crippen LogP contribution in [0, 0.1) is 6.92 Å². The van der Waals surface area contributed by atoms with E-state index in [0.717, 1.165) is 29.3 Å². The van der Waals surface area contributed by atoms with Gasteiger partial charge in [-0.2, -0.15) is 0 Å². The summed E-state index contributed by atoms with van der Waals surface area (Å²) >= 11 is 1.33. The van der Waals surface area contributed by atoms with Crippen LogP contribution < -0.4 is 9.21 Å². The Hall–Kier alpha value is -1.57. The van der Waals surface area contributed by atoms with Crippen LogP contribution in [-0.4, -0.2) is 53.6 Å². The highest BCUT2D eigenvalue weighted by molar-refractivity contribution is 7.94. The molecule has 5 nitrogen and oxygen atoms in total. The third-order valence-electron chi connectivity index (χ3n) is 4.14. The summed E-state index contributed by atoms with van der Waals surface area (Å²) in [5.41, 5.74) is 1.76. The summed E-state index contributed by atoms with van der Waals surface area (Å²) in [5.74, 6) is 0. The molecule has 0 spiro atoms. The Bertz CT molecular complexity index is 815. The van der Waals surface area contributed by atoms with Gasteiger partial charge in [0, 0.05) is 24.5 Å². The van der Waals surface area contributed by atoms with Gasteiger partial charge in [-0.25, -0.2) is 8.42 Å². The number of nitrogens with zero attached hydrogens (tertiary/aromatic N) is 3. The lowest BCUT2D eigenvalue weighted by molar-refractivity contribution is 0.413. The van der Waals surface area contributed by atoms with Crippen LogP contribution >= 0.6 is 11.3 Å². The molecule has 1 aromatic heterocycles. The molecule has 1 aliphatic rings. The summed E-state index contributed by atoms with van der Waals surface area (Å²) in [5, 5.41) is 0. The number of fused-ring (bicyclic) bond motifs is 1. The van der Waals surface area contributed by atoms with E-state index < -0.39 is 10.0 Å². The molecule has 24 heavy (non-hydrogen) atoms. The van der Waals surface area contributed by atoms with Crippen LogP contribution in [0.4, 0.5) is 11.4 Å². The Morgan fingerprint density at radius 2 is 1.79 bits per heavy atom. The van der Waals surface area contributed by atoms with Gasteiger partial charge in [-0.05, 0) is 45.3 Å². The minimum Gasteiger partial charge on any atom is -0.367 e. The van der Waals surface area contributed by atoms with E-state index in [4.69, 9.17) is 0 Å². The number of hydrogen-bond acceptors (Lipinski definition) is 5. The quantitative estimate of drug-likeness (QED) is 0.817. The molecule has 0 aliphatic carbocycles. The summed E-state index contributed by atoms with van der Waals surface area (Å²) in [6.07, 6.45) is 0. The van der Waals surface area contributed by atoms with Crippen molar-refractivity contribution < 1.29 is 8.42 Å². The molecule has 2 heterocycles. The molecule has 0 radical (unpaired) electrons. The molecule has 3 rings (SSSR count). The second kappa shape index (κ2) is 6.74. The second-order valence-electron chi connectivity index (χ2n) is 6.22. The molecule has 1 aromatic carbocycles. The normalized spacial score (nSPS) is 15.0. The van der Waals surface area contributed by atoms with Gasteiger partial charge in [0.2, 0.25) is 0 Å². The molecule has 0 atom stereocenters. The van der Waals surface area contributed by atoms with Crippen LogP contribution in [0.15, 0.2) is 40.6 Å². The summed E-state index contributed by atoms with van der Waals surface area (Å²) in [7, 11) is 0.600. The molecule has 0 saturated carbocycles. The fourth-order valence-electron chi connectivity index (χ4n) is 2.86. The van der Waals surface area contributed by atoms with Crippen molar-refractivity contribution in [1.29, 1.82) is 0 Å². The smallest absolute Gasteiger partial charge is 0.273 e. The number of anilines is 2. The van der Waals surface area contributed by atoms with Crippen LogP contribution in [-0.2, 0) is 10.0 Å². The van der Waals surface area contributed by atoms with Crippen molar-refractivity contribution in [2.45, 2.75) is 11.1 Å². The van der Waals surface area contributed by atoms with E-state index in [0.29, 0.717) is 17.3 Å². The van der Waals surface area contributed by atoms with Crippen molar-refractivity contribution in [3.8, 4) is 0 Å². The lowest BCUT2D eigenvalue weighted by Gasteiger charge is -2.38. The van der Waals surface area contributed by atoms with E-state index in [-0.39, 0.29) is 0 Å². The third-order valence-corrected chi connectivity index (χ3v) is 7.42. The third kappa shape index (κ3) is 3.29. The second-order valence-corrected chi connectivity index (χ2v) is 9.60. The SMILES string of the molecule is Cc1ccc(S(=O)(=O)N2CCN(CCN(C)C)c3ccccc32)s1. The van der Waals surface area contributed by atoms with E-state index in [1.165, 1.54) is 11.3 Å². The number of likely N-dealkylation sites (N-methyl/N-ethyl adjacent to an activating group) is 1. The van der Waals surface area contributed by atoms with E-state index in [2.05, 4.69) is 9.80 Å². The number of para-hydroxylation sites is 2. The van der Waals surface area contributed by atoms with Gasteiger partial charge in [0.1, 0.15) is 4.21 Å². The predicted octanol–water partition coefficient (Wildman–Crippen LogP) is 2.63. The Morgan fingerprint density at radius 3 is 2.42 bits per heavy atom. The minimum atomic E-state index is -3.49. The van der Waals surface area contributed by atoms with Gasteiger partial charge in [0.25, 0.3) is 10.0 Å². The fourth-order valence-corrected chi connectivity index (χ4v) is 5.72. The van der Waals surface area contributed by atoms with Crippen molar-refractivity contribution in [1.82, 2.24) is 4.90 Å². The zero-order chi connectivity index (χ0) is 17.3. The van der Waals surface area contributed by atoms with Gasteiger partial charge < -0.3 is 9.80 Å². The van der Waals surface area contributed by atoms with Crippen molar-refractivity contribution in [2.75, 3.05) is 49.5 Å².